The molecule has 0 fully saturated rings. The van der Waals surface area contributed by atoms with Crippen LogP contribution in [0.4, 0.5) is 5.69 Å². The van der Waals surface area contributed by atoms with E-state index in [0.29, 0.717) is 6.54 Å². The van der Waals surface area contributed by atoms with Crippen molar-refractivity contribution >= 4 is 5.69 Å². The highest BCUT2D eigenvalue weighted by molar-refractivity contribution is 5.53. The zero-order valence-corrected chi connectivity index (χ0v) is 11.6. The summed E-state index contributed by atoms with van der Waals surface area (Å²) in [5.41, 5.74) is 3.34. The molecule has 1 N–H and O–H groups in total. The van der Waals surface area contributed by atoms with Crippen LogP contribution in [0, 0.1) is 11.3 Å². The lowest BCUT2D eigenvalue weighted by Gasteiger charge is -2.11. The summed E-state index contributed by atoms with van der Waals surface area (Å²) in [5, 5.41) is 12.0. The molecule has 0 aliphatic carbocycles. The standard InChI is InChI=1S/C17H16N2O2/c18-8-10-21-16-4-2-1-3-14(16)12-19-15-5-6-17-13(11-15)7-9-20-17/h1-6,11,19H,7,9-10,12H2. The summed E-state index contributed by atoms with van der Waals surface area (Å²) in [4.78, 5) is 0. The van der Waals surface area contributed by atoms with Crippen molar-refractivity contribution in [3.8, 4) is 17.6 Å². The lowest BCUT2D eigenvalue weighted by atomic mass is 10.1. The maximum Gasteiger partial charge on any atom is 0.174 e. The maximum atomic E-state index is 8.61. The minimum absolute atomic E-state index is 0.0627. The summed E-state index contributed by atoms with van der Waals surface area (Å²) < 4.78 is 10.9. The largest absolute Gasteiger partial charge is 0.493 e. The van der Waals surface area contributed by atoms with Crippen molar-refractivity contribution in [2.45, 2.75) is 13.0 Å². The topological polar surface area (TPSA) is 54.3 Å². The van der Waals surface area contributed by atoms with Crippen LogP contribution < -0.4 is 14.8 Å². The van der Waals surface area contributed by atoms with Gasteiger partial charge in [0, 0.05) is 24.2 Å². The average molecular weight is 280 g/mol. The molecule has 3 rings (SSSR count). The Morgan fingerprint density at radius 2 is 2.14 bits per heavy atom. The molecule has 1 aliphatic heterocycles. The second-order valence-corrected chi connectivity index (χ2v) is 4.83. The fourth-order valence-corrected chi connectivity index (χ4v) is 2.39. The van der Waals surface area contributed by atoms with Gasteiger partial charge in [-0.2, -0.15) is 5.26 Å². The molecule has 1 aliphatic rings. The number of hydrogen-bond donors (Lipinski definition) is 1. The second kappa shape index (κ2) is 6.19. The van der Waals surface area contributed by atoms with Crippen LogP contribution in [0.3, 0.4) is 0 Å². The number of hydrogen-bond acceptors (Lipinski definition) is 4. The van der Waals surface area contributed by atoms with Crippen LogP contribution in [-0.2, 0) is 13.0 Å². The van der Waals surface area contributed by atoms with E-state index >= 15 is 0 Å². The predicted octanol–water partition coefficient (Wildman–Crippen LogP) is 3.14. The Bertz CT molecular complexity index is 677. The zero-order valence-electron chi connectivity index (χ0n) is 11.6. The number of benzene rings is 2. The van der Waals surface area contributed by atoms with E-state index in [0.717, 1.165) is 35.8 Å². The quantitative estimate of drug-likeness (QED) is 0.914. The SMILES string of the molecule is N#CCOc1ccccc1CNc1ccc2c(c1)CCO2. The Hall–Kier alpha value is -2.67. The minimum Gasteiger partial charge on any atom is -0.493 e. The summed E-state index contributed by atoms with van der Waals surface area (Å²) in [6, 6.07) is 15.9. The van der Waals surface area contributed by atoms with Gasteiger partial charge in [0.05, 0.1) is 6.61 Å². The van der Waals surface area contributed by atoms with Crippen LogP contribution in [-0.4, -0.2) is 13.2 Å². The molecule has 0 bridgehead atoms. The number of nitrogens with zero attached hydrogens (tertiary/aromatic N) is 1. The molecule has 0 aromatic heterocycles. The van der Waals surface area contributed by atoms with Crippen LogP contribution in [0.25, 0.3) is 0 Å². The van der Waals surface area contributed by atoms with Gasteiger partial charge in [-0.3, -0.25) is 0 Å². The lowest BCUT2D eigenvalue weighted by molar-refractivity contribution is 0.357. The van der Waals surface area contributed by atoms with Gasteiger partial charge < -0.3 is 14.8 Å². The Balaban J connectivity index is 1.69. The van der Waals surface area contributed by atoms with Gasteiger partial charge in [-0.15, -0.1) is 0 Å². The average Bonchev–Trinajstić information content (AvgIpc) is 2.99. The highest BCUT2D eigenvalue weighted by Crippen LogP contribution is 2.28. The number of nitriles is 1. The third-order valence-corrected chi connectivity index (χ3v) is 3.44. The molecular formula is C17H16N2O2. The number of para-hydroxylation sites is 1. The number of nitrogens with one attached hydrogen (secondary N) is 1. The molecule has 2 aromatic carbocycles. The van der Waals surface area contributed by atoms with Crippen molar-refractivity contribution < 1.29 is 9.47 Å². The first-order chi connectivity index (χ1) is 10.4. The fraction of sp³-hybridized carbons (Fsp3) is 0.235. The van der Waals surface area contributed by atoms with Crippen LogP contribution in [0.2, 0.25) is 0 Å². The van der Waals surface area contributed by atoms with Gasteiger partial charge in [-0.05, 0) is 29.8 Å². The molecule has 106 valence electrons. The summed E-state index contributed by atoms with van der Waals surface area (Å²) in [7, 11) is 0. The monoisotopic (exact) mass is 280 g/mol. The summed E-state index contributed by atoms with van der Waals surface area (Å²) >= 11 is 0. The number of ether oxygens (including phenoxy) is 2. The van der Waals surface area contributed by atoms with E-state index in [1.165, 1.54) is 5.56 Å². The van der Waals surface area contributed by atoms with Crippen molar-refractivity contribution in [3.05, 3.63) is 53.6 Å². The fourth-order valence-electron chi connectivity index (χ4n) is 2.39. The predicted molar refractivity (Wildman–Crippen MR) is 80.5 cm³/mol. The first-order valence-electron chi connectivity index (χ1n) is 6.94. The highest BCUT2D eigenvalue weighted by Gasteiger charge is 2.12. The van der Waals surface area contributed by atoms with Gasteiger partial charge in [0.1, 0.15) is 17.6 Å². The Kier molecular flexibility index (Phi) is 3.92. The molecule has 21 heavy (non-hydrogen) atoms. The third-order valence-electron chi connectivity index (χ3n) is 3.44. The molecule has 0 atom stereocenters. The molecule has 0 saturated carbocycles. The molecule has 0 unspecified atom stereocenters. The van der Waals surface area contributed by atoms with Crippen molar-refractivity contribution in [1.29, 1.82) is 5.26 Å². The molecule has 4 heteroatoms. The minimum atomic E-state index is 0.0627. The summed E-state index contributed by atoms with van der Waals surface area (Å²) in [6.07, 6.45) is 0.965. The van der Waals surface area contributed by atoms with Gasteiger partial charge in [0.15, 0.2) is 6.61 Å². The van der Waals surface area contributed by atoms with Crippen molar-refractivity contribution in [2.24, 2.45) is 0 Å². The lowest BCUT2D eigenvalue weighted by Crippen LogP contribution is -2.03. The van der Waals surface area contributed by atoms with Crippen LogP contribution in [0.5, 0.6) is 11.5 Å². The maximum absolute atomic E-state index is 8.61. The zero-order chi connectivity index (χ0) is 14.5. The van der Waals surface area contributed by atoms with E-state index in [1.54, 1.807) is 0 Å². The van der Waals surface area contributed by atoms with Crippen LogP contribution in [0.15, 0.2) is 42.5 Å². The van der Waals surface area contributed by atoms with E-state index < -0.39 is 0 Å². The molecule has 4 nitrogen and oxygen atoms in total. The van der Waals surface area contributed by atoms with Gasteiger partial charge in [-0.25, -0.2) is 0 Å². The normalized spacial score (nSPS) is 12.1. The van der Waals surface area contributed by atoms with Crippen molar-refractivity contribution in [1.82, 2.24) is 0 Å². The number of fused-ring (bicyclic) bond motifs is 1. The summed E-state index contributed by atoms with van der Waals surface area (Å²) in [5.74, 6) is 1.73. The molecule has 0 saturated heterocycles. The summed E-state index contributed by atoms with van der Waals surface area (Å²) in [6.45, 7) is 1.48. The van der Waals surface area contributed by atoms with Crippen LogP contribution >= 0.6 is 0 Å². The Labute approximate surface area is 123 Å². The van der Waals surface area contributed by atoms with E-state index in [-0.39, 0.29) is 6.61 Å². The van der Waals surface area contributed by atoms with E-state index in [4.69, 9.17) is 14.7 Å². The smallest absolute Gasteiger partial charge is 0.174 e. The Morgan fingerprint density at radius 1 is 1.24 bits per heavy atom. The third kappa shape index (κ3) is 3.09. The van der Waals surface area contributed by atoms with E-state index in [9.17, 15) is 0 Å². The van der Waals surface area contributed by atoms with Crippen LogP contribution in [0.1, 0.15) is 11.1 Å². The number of anilines is 1. The first kappa shape index (κ1) is 13.3. The second-order valence-electron chi connectivity index (χ2n) is 4.83. The highest BCUT2D eigenvalue weighted by atomic mass is 16.5. The van der Waals surface area contributed by atoms with Gasteiger partial charge in [0.25, 0.3) is 0 Å². The van der Waals surface area contributed by atoms with Gasteiger partial charge >= 0.3 is 0 Å². The Morgan fingerprint density at radius 3 is 3.05 bits per heavy atom. The molecule has 0 spiro atoms. The van der Waals surface area contributed by atoms with Crippen molar-refractivity contribution in [3.63, 3.8) is 0 Å². The molecular weight excluding hydrogens is 264 g/mol. The van der Waals surface area contributed by atoms with Crippen molar-refractivity contribution in [2.75, 3.05) is 18.5 Å². The van der Waals surface area contributed by atoms with Gasteiger partial charge in [0.2, 0.25) is 0 Å². The molecule has 1 heterocycles. The first-order valence-corrected chi connectivity index (χ1v) is 6.94. The van der Waals surface area contributed by atoms with Gasteiger partial charge in [-0.1, -0.05) is 18.2 Å². The van der Waals surface area contributed by atoms with E-state index in [1.807, 2.05) is 42.5 Å². The number of rotatable bonds is 5. The molecule has 0 radical (unpaired) electrons. The molecule has 0 amide bonds. The van der Waals surface area contributed by atoms with E-state index in [2.05, 4.69) is 11.4 Å². The molecule has 2 aromatic rings.